The molecule has 0 aliphatic rings. The Labute approximate surface area is 128 Å². The van der Waals surface area contributed by atoms with Crippen molar-refractivity contribution in [3.63, 3.8) is 0 Å². The second kappa shape index (κ2) is 8.02. The molecule has 1 unspecified atom stereocenters. The van der Waals surface area contributed by atoms with Crippen LogP contribution in [0.5, 0.6) is 5.75 Å². The van der Waals surface area contributed by atoms with Gasteiger partial charge in [0.05, 0.1) is 0 Å². The van der Waals surface area contributed by atoms with E-state index >= 15 is 0 Å². The van der Waals surface area contributed by atoms with E-state index in [0.717, 1.165) is 11.1 Å². The number of carboxylic acid groups (broad SMARTS) is 1. The molecule has 1 aromatic carbocycles. The van der Waals surface area contributed by atoms with Crippen LogP contribution in [0.4, 0.5) is 0 Å². The van der Waals surface area contributed by atoms with Crippen LogP contribution in [0, 0.1) is 13.8 Å². The van der Waals surface area contributed by atoms with E-state index in [-0.39, 0.29) is 19.4 Å². The van der Waals surface area contributed by atoms with E-state index in [1.807, 2.05) is 32.0 Å². The minimum Gasteiger partial charge on any atom is -0.483 e. The SMILES string of the molecule is Cc1cccc(C)c1OCC(=O)NC(CCC(N)=O)C(=O)O. The molecule has 0 bridgehead atoms. The van der Waals surface area contributed by atoms with E-state index in [4.69, 9.17) is 15.6 Å². The van der Waals surface area contributed by atoms with Crippen molar-refractivity contribution in [2.75, 3.05) is 6.61 Å². The first kappa shape index (κ1) is 17.5. The van der Waals surface area contributed by atoms with Gasteiger partial charge in [-0.3, -0.25) is 9.59 Å². The molecule has 1 rings (SSSR count). The van der Waals surface area contributed by atoms with Crippen LogP contribution in [0.3, 0.4) is 0 Å². The molecule has 0 aliphatic carbocycles. The van der Waals surface area contributed by atoms with Crippen LogP contribution in [0.15, 0.2) is 18.2 Å². The van der Waals surface area contributed by atoms with Crippen LogP contribution in [0.2, 0.25) is 0 Å². The normalized spacial score (nSPS) is 11.5. The number of hydrogen-bond acceptors (Lipinski definition) is 4. The van der Waals surface area contributed by atoms with Gasteiger partial charge in [-0.25, -0.2) is 4.79 Å². The van der Waals surface area contributed by atoms with Gasteiger partial charge in [0.2, 0.25) is 5.91 Å². The number of hydrogen-bond donors (Lipinski definition) is 3. The van der Waals surface area contributed by atoms with Crippen molar-refractivity contribution in [2.45, 2.75) is 32.7 Å². The number of nitrogens with two attached hydrogens (primary N) is 1. The van der Waals surface area contributed by atoms with Crippen molar-refractivity contribution >= 4 is 17.8 Å². The number of amides is 2. The highest BCUT2D eigenvalue weighted by Crippen LogP contribution is 2.21. The fourth-order valence-electron chi connectivity index (χ4n) is 1.94. The topological polar surface area (TPSA) is 119 Å². The number of aryl methyl sites for hydroxylation is 2. The molecule has 0 fully saturated rings. The quantitative estimate of drug-likeness (QED) is 0.647. The number of aliphatic carboxylic acids is 1. The molecule has 1 atom stereocenters. The zero-order chi connectivity index (χ0) is 16.7. The van der Waals surface area contributed by atoms with Crippen LogP contribution in [0.25, 0.3) is 0 Å². The van der Waals surface area contributed by atoms with Crippen molar-refractivity contribution in [3.8, 4) is 5.75 Å². The Morgan fingerprint density at radius 3 is 2.36 bits per heavy atom. The lowest BCUT2D eigenvalue weighted by Crippen LogP contribution is -2.43. The van der Waals surface area contributed by atoms with Crippen molar-refractivity contribution < 1.29 is 24.2 Å². The van der Waals surface area contributed by atoms with Gasteiger partial charge in [0.15, 0.2) is 6.61 Å². The first-order valence-corrected chi connectivity index (χ1v) is 6.80. The maximum Gasteiger partial charge on any atom is 0.326 e. The van der Waals surface area contributed by atoms with E-state index < -0.39 is 23.8 Å². The Hall–Kier alpha value is -2.57. The Bertz CT molecular complexity index is 551. The number of ether oxygens (including phenoxy) is 1. The first-order chi connectivity index (χ1) is 10.3. The molecular formula is C15H20N2O5. The third-order valence-electron chi connectivity index (χ3n) is 3.07. The Morgan fingerprint density at radius 2 is 1.86 bits per heavy atom. The number of para-hydroxylation sites is 1. The van der Waals surface area contributed by atoms with Gasteiger partial charge in [-0.1, -0.05) is 18.2 Å². The Kier molecular flexibility index (Phi) is 6.37. The molecule has 7 heteroatoms. The van der Waals surface area contributed by atoms with Crippen LogP contribution in [-0.2, 0) is 14.4 Å². The number of benzene rings is 1. The summed E-state index contributed by atoms with van der Waals surface area (Å²) < 4.78 is 5.44. The summed E-state index contributed by atoms with van der Waals surface area (Å²) in [6.07, 6.45) is -0.172. The minimum atomic E-state index is -1.22. The largest absolute Gasteiger partial charge is 0.483 e. The lowest BCUT2D eigenvalue weighted by atomic mass is 10.1. The zero-order valence-corrected chi connectivity index (χ0v) is 12.6. The standard InChI is InChI=1S/C15H20N2O5/c1-9-4-3-5-10(2)14(9)22-8-13(19)17-11(15(20)21)6-7-12(16)18/h3-5,11H,6-8H2,1-2H3,(H2,16,18)(H,17,19)(H,20,21). The molecule has 0 saturated heterocycles. The molecule has 0 aliphatic heterocycles. The third-order valence-corrected chi connectivity index (χ3v) is 3.07. The zero-order valence-electron chi connectivity index (χ0n) is 12.6. The van der Waals surface area contributed by atoms with Crippen LogP contribution in [-0.4, -0.2) is 35.5 Å². The van der Waals surface area contributed by atoms with E-state index in [1.54, 1.807) is 0 Å². The van der Waals surface area contributed by atoms with Crippen molar-refractivity contribution in [1.82, 2.24) is 5.32 Å². The predicted octanol–water partition coefficient (Wildman–Crippen LogP) is 0.517. The summed E-state index contributed by atoms with van der Waals surface area (Å²) >= 11 is 0. The van der Waals surface area contributed by atoms with Crippen LogP contribution in [0.1, 0.15) is 24.0 Å². The molecule has 0 saturated carbocycles. The molecule has 0 aromatic heterocycles. The predicted molar refractivity (Wildman–Crippen MR) is 79.4 cm³/mol. The van der Waals surface area contributed by atoms with Crippen molar-refractivity contribution in [2.24, 2.45) is 5.73 Å². The van der Waals surface area contributed by atoms with Gasteiger partial charge in [-0.15, -0.1) is 0 Å². The van der Waals surface area contributed by atoms with Gasteiger partial charge < -0.3 is 20.9 Å². The average molecular weight is 308 g/mol. The molecule has 1 aromatic rings. The molecule has 22 heavy (non-hydrogen) atoms. The summed E-state index contributed by atoms with van der Waals surface area (Å²) in [4.78, 5) is 33.5. The molecular weight excluding hydrogens is 288 g/mol. The summed E-state index contributed by atoms with van der Waals surface area (Å²) in [6, 6.07) is 4.42. The second-order valence-electron chi connectivity index (χ2n) is 4.97. The summed E-state index contributed by atoms with van der Waals surface area (Å²) in [5.41, 5.74) is 6.74. The van der Waals surface area contributed by atoms with Gasteiger partial charge >= 0.3 is 5.97 Å². The number of carboxylic acids is 1. The van der Waals surface area contributed by atoms with Crippen LogP contribution < -0.4 is 15.8 Å². The number of carbonyl (C=O) groups is 3. The first-order valence-electron chi connectivity index (χ1n) is 6.80. The van der Waals surface area contributed by atoms with Crippen molar-refractivity contribution in [3.05, 3.63) is 29.3 Å². The highest BCUT2D eigenvalue weighted by Gasteiger charge is 2.20. The molecule has 0 heterocycles. The number of nitrogens with one attached hydrogen (secondary N) is 1. The summed E-state index contributed by atoms with van der Waals surface area (Å²) in [7, 11) is 0. The van der Waals surface area contributed by atoms with E-state index in [1.165, 1.54) is 0 Å². The third kappa shape index (κ3) is 5.43. The monoisotopic (exact) mass is 308 g/mol. The number of rotatable bonds is 8. The molecule has 0 radical (unpaired) electrons. The van der Waals surface area contributed by atoms with Crippen molar-refractivity contribution in [1.29, 1.82) is 0 Å². The molecule has 4 N–H and O–H groups in total. The Balaban J connectivity index is 2.57. The van der Waals surface area contributed by atoms with E-state index in [9.17, 15) is 14.4 Å². The lowest BCUT2D eigenvalue weighted by Gasteiger charge is -2.15. The smallest absolute Gasteiger partial charge is 0.326 e. The summed E-state index contributed by atoms with van der Waals surface area (Å²) in [6.45, 7) is 3.41. The maximum absolute atomic E-state index is 11.8. The molecule has 2 amide bonds. The molecule has 120 valence electrons. The molecule has 7 nitrogen and oxygen atoms in total. The van der Waals surface area contributed by atoms with E-state index in [0.29, 0.717) is 5.75 Å². The highest BCUT2D eigenvalue weighted by molar-refractivity contribution is 5.85. The summed E-state index contributed by atoms with van der Waals surface area (Å²) in [5.74, 6) is -1.81. The van der Waals surface area contributed by atoms with Gasteiger partial charge in [0, 0.05) is 6.42 Å². The minimum absolute atomic E-state index is 0.0558. The van der Waals surface area contributed by atoms with E-state index in [2.05, 4.69) is 5.32 Å². The maximum atomic E-state index is 11.8. The fraction of sp³-hybridized carbons (Fsp3) is 0.400. The van der Waals surface area contributed by atoms with Gasteiger partial charge in [-0.05, 0) is 31.4 Å². The van der Waals surface area contributed by atoms with Crippen LogP contribution >= 0.6 is 0 Å². The van der Waals surface area contributed by atoms with Gasteiger partial charge in [0.1, 0.15) is 11.8 Å². The lowest BCUT2D eigenvalue weighted by molar-refractivity contribution is -0.142. The Morgan fingerprint density at radius 1 is 1.27 bits per heavy atom. The molecule has 0 spiro atoms. The number of primary amides is 1. The highest BCUT2D eigenvalue weighted by atomic mass is 16.5. The summed E-state index contributed by atoms with van der Waals surface area (Å²) in [5, 5.41) is 11.3. The van der Waals surface area contributed by atoms with Gasteiger partial charge in [0.25, 0.3) is 5.91 Å². The number of carbonyl (C=O) groups excluding carboxylic acids is 2. The second-order valence-corrected chi connectivity index (χ2v) is 4.97. The van der Waals surface area contributed by atoms with Gasteiger partial charge in [-0.2, -0.15) is 0 Å². The fourth-order valence-corrected chi connectivity index (χ4v) is 1.94. The average Bonchev–Trinajstić information content (AvgIpc) is 2.42.